The van der Waals surface area contributed by atoms with Crippen LogP contribution < -0.4 is 9.64 Å². The number of hydrogen-bond donors (Lipinski definition) is 0. The summed E-state index contributed by atoms with van der Waals surface area (Å²) in [7, 11) is 0. The highest BCUT2D eigenvalue weighted by atomic mass is 35.5. The van der Waals surface area contributed by atoms with Gasteiger partial charge in [0.1, 0.15) is 17.7 Å². The minimum Gasteiger partial charge on any atom is -0.484 e. The Hall–Kier alpha value is -2.56. The Labute approximate surface area is 178 Å². The van der Waals surface area contributed by atoms with Gasteiger partial charge in [-0.2, -0.15) is 0 Å². The van der Waals surface area contributed by atoms with E-state index in [4.69, 9.17) is 4.74 Å². The van der Waals surface area contributed by atoms with Gasteiger partial charge in [-0.25, -0.2) is 4.39 Å². The van der Waals surface area contributed by atoms with Crippen LogP contribution in [0.25, 0.3) is 0 Å². The molecule has 3 aromatic carbocycles. The summed E-state index contributed by atoms with van der Waals surface area (Å²) in [6, 6.07) is 27.1. The van der Waals surface area contributed by atoms with Crippen molar-refractivity contribution in [2.75, 3.05) is 37.6 Å². The van der Waals surface area contributed by atoms with E-state index in [1.165, 1.54) is 17.8 Å². The van der Waals surface area contributed by atoms with E-state index < -0.39 is 0 Å². The van der Waals surface area contributed by atoms with E-state index in [2.05, 4.69) is 52.3 Å². The van der Waals surface area contributed by atoms with Crippen LogP contribution in [0.3, 0.4) is 0 Å². The summed E-state index contributed by atoms with van der Waals surface area (Å²) in [5.74, 6) is 0.443. The van der Waals surface area contributed by atoms with Gasteiger partial charge in [0.2, 0.25) is 0 Å². The molecule has 0 aliphatic carbocycles. The van der Waals surface area contributed by atoms with Gasteiger partial charge in [-0.3, -0.25) is 4.90 Å². The quantitative estimate of drug-likeness (QED) is 0.554. The smallest absolute Gasteiger partial charge is 0.136 e. The lowest BCUT2D eigenvalue weighted by molar-refractivity contribution is 0.128. The highest BCUT2D eigenvalue weighted by molar-refractivity contribution is 5.85. The molecule has 1 aliphatic heterocycles. The van der Waals surface area contributed by atoms with Crippen LogP contribution in [0.5, 0.6) is 5.75 Å². The topological polar surface area (TPSA) is 15.7 Å². The maximum atomic E-state index is 13.2. The molecular weight excluding hydrogens is 387 g/mol. The average Bonchev–Trinajstić information content (AvgIpc) is 2.76. The van der Waals surface area contributed by atoms with Crippen molar-refractivity contribution in [1.29, 1.82) is 0 Å². The first-order valence-corrected chi connectivity index (χ1v) is 9.77. The van der Waals surface area contributed by atoms with Gasteiger partial charge < -0.3 is 9.64 Å². The number of para-hydroxylation sites is 1. The summed E-state index contributed by atoms with van der Waals surface area (Å²) in [4.78, 5) is 4.87. The van der Waals surface area contributed by atoms with E-state index >= 15 is 0 Å². The fourth-order valence-corrected chi connectivity index (χ4v) is 3.62. The molecule has 0 amide bonds. The predicted octanol–water partition coefficient (Wildman–Crippen LogP) is 5.19. The summed E-state index contributed by atoms with van der Waals surface area (Å²) >= 11 is 0. The van der Waals surface area contributed by atoms with Crippen LogP contribution in [0.15, 0.2) is 84.9 Å². The van der Waals surface area contributed by atoms with E-state index in [0.29, 0.717) is 5.75 Å². The first-order valence-electron chi connectivity index (χ1n) is 9.77. The van der Waals surface area contributed by atoms with Gasteiger partial charge in [-0.15, -0.1) is 12.4 Å². The van der Waals surface area contributed by atoms with Crippen LogP contribution in [0.1, 0.15) is 11.7 Å². The van der Waals surface area contributed by atoms with Gasteiger partial charge in [0, 0.05) is 38.4 Å². The minimum absolute atomic E-state index is 0. The number of nitrogens with zero attached hydrogens (tertiary/aromatic N) is 2. The Morgan fingerprint density at radius 3 is 1.97 bits per heavy atom. The fourth-order valence-electron chi connectivity index (χ4n) is 3.62. The van der Waals surface area contributed by atoms with Gasteiger partial charge in [0.15, 0.2) is 0 Å². The first kappa shape index (κ1) is 21.2. The van der Waals surface area contributed by atoms with Gasteiger partial charge in [0.25, 0.3) is 0 Å². The maximum absolute atomic E-state index is 13.2. The zero-order chi connectivity index (χ0) is 19.2. The maximum Gasteiger partial charge on any atom is 0.136 e. The SMILES string of the molecule is Cl.Fc1ccc(OC(CN2CCN(c3ccccc3)CC2)c2ccccc2)cc1. The highest BCUT2D eigenvalue weighted by Crippen LogP contribution is 2.24. The van der Waals surface area contributed by atoms with Crippen molar-refractivity contribution < 1.29 is 9.13 Å². The number of hydrogen-bond acceptors (Lipinski definition) is 3. The molecule has 0 saturated carbocycles. The standard InChI is InChI=1S/C24H25FN2O.ClH/c25-21-11-13-23(14-12-21)28-24(20-7-3-1-4-8-20)19-26-15-17-27(18-16-26)22-9-5-2-6-10-22;/h1-14,24H,15-19H2;1H. The summed E-state index contributed by atoms with van der Waals surface area (Å²) in [5, 5.41) is 0. The second-order valence-electron chi connectivity index (χ2n) is 7.09. The molecule has 0 spiro atoms. The van der Waals surface area contributed by atoms with Crippen LogP contribution in [0.4, 0.5) is 10.1 Å². The molecule has 1 atom stereocenters. The van der Waals surface area contributed by atoms with Crippen LogP contribution >= 0.6 is 12.4 Å². The molecule has 4 rings (SSSR count). The zero-order valence-corrected chi connectivity index (χ0v) is 17.1. The molecule has 1 unspecified atom stereocenters. The molecule has 29 heavy (non-hydrogen) atoms. The lowest BCUT2D eigenvalue weighted by Crippen LogP contribution is -2.48. The minimum atomic E-state index is -0.249. The Bertz CT molecular complexity index is 853. The molecule has 152 valence electrons. The normalized spacial score (nSPS) is 15.4. The van der Waals surface area contributed by atoms with Gasteiger partial charge in [0.05, 0.1) is 0 Å². The van der Waals surface area contributed by atoms with Crippen LogP contribution in [0, 0.1) is 5.82 Å². The first-order chi connectivity index (χ1) is 13.8. The fraction of sp³-hybridized carbons (Fsp3) is 0.250. The number of halogens is 2. The van der Waals surface area contributed by atoms with Crippen molar-refractivity contribution >= 4 is 18.1 Å². The van der Waals surface area contributed by atoms with E-state index in [1.807, 2.05) is 18.2 Å². The molecule has 0 bridgehead atoms. The Kier molecular flexibility index (Phi) is 7.50. The molecule has 0 N–H and O–H groups in total. The number of benzene rings is 3. The summed E-state index contributed by atoms with van der Waals surface area (Å²) in [6.07, 6.45) is -0.0880. The molecule has 0 aromatic heterocycles. The zero-order valence-electron chi connectivity index (χ0n) is 16.3. The summed E-state index contributed by atoms with van der Waals surface area (Å²) < 4.78 is 19.5. The monoisotopic (exact) mass is 412 g/mol. The molecule has 3 aromatic rings. The number of rotatable bonds is 6. The molecule has 1 fully saturated rings. The van der Waals surface area contributed by atoms with Crippen molar-refractivity contribution in [3.8, 4) is 5.75 Å². The molecule has 1 heterocycles. The lowest BCUT2D eigenvalue weighted by atomic mass is 10.1. The highest BCUT2D eigenvalue weighted by Gasteiger charge is 2.22. The van der Waals surface area contributed by atoms with Crippen molar-refractivity contribution in [2.24, 2.45) is 0 Å². The number of anilines is 1. The molecule has 5 heteroatoms. The molecule has 1 aliphatic rings. The summed E-state index contributed by atoms with van der Waals surface area (Å²) in [5.41, 5.74) is 2.42. The largest absolute Gasteiger partial charge is 0.484 e. The second kappa shape index (κ2) is 10.3. The lowest BCUT2D eigenvalue weighted by Gasteiger charge is -2.37. The van der Waals surface area contributed by atoms with Crippen molar-refractivity contribution in [2.45, 2.75) is 6.10 Å². The van der Waals surface area contributed by atoms with Crippen molar-refractivity contribution in [3.63, 3.8) is 0 Å². The van der Waals surface area contributed by atoms with Crippen LogP contribution in [0.2, 0.25) is 0 Å². The second-order valence-corrected chi connectivity index (χ2v) is 7.09. The van der Waals surface area contributed by atoms with Gasteiger partial charge in [-0.05, 0) is 42.0 Å². The van der Waals surface area contributed by atoms with E-state index in [0.717, 1.165) is 38.3 Å². The Morgan fingerprint density at radius 2 is 1.34 bits per heavy atom. The van der Waals surface area contributed by atoms with E-state index in [9.17, 15) is 4.39 Å². The predicted molar refractivity (Wildman–Crippen MR) is 119 cm³/mol. The number of ether oxygens (including phenoxy) is 1. The van der Waals surface area contributed by atoms with Crippen LogP contribution in [-0.4, -0.2) is 37.6 Å². The van der Waals surface area contributed by atoms with Crippen molar-refractivity contribution in [1.82, 2.24) is 4.90 Å². The molecule has 0 radical (unpaired) electrons. The Morgan fingerprint density at radius 1 is 0.759 bits per heavy atom. The third kappa shape index (κ3) is 5.72. The van der Waals surface area contributed by atoms with Gasteiger partial charge in [-0.1, -0.05) is 48.5 Å². The third-order valence-electron chi connectivity index (χ3n) is 5.18. The molecule has 3 nitrogen and oxygen atoms in total. The Balaban J connectivity index is 0.00000240. The van der Waals surface area contributed by atoms with Crippen molar-refractivity contribution in [3.05, 3.63) is 96.3 Å². The van der Waals surface area contributed by atoms with E-state index in [-0.39, 0.29) is 24.3 Å². The molecule has 1 saturated heterocycles. The van der Waals surface area contributed by atoms with Crippen LogP contribution in [-0.2, 0) is 0 Å². The van der Waals surface area contributed by atoms with E-state index in [1.54, 1.807) is 12.1 Å². The summed E-state index contributed by atoms with van der Waals surface area (Å²) in [6.45, 7) is 4.80. The molecular formula is C24H26ClFN2O. The third-order valence-corrected chi connectivity index (χ3v) is 5.18. The van der Waals surface area contributed by atoms with Gasteiger partial charge >= 0.3 is 0 Å². The average molecular weight is 413 g/mol. The number of piperazine rings is 1.